The molecule has 24 heavy (non-hydrogen) atoms. The van der Waals surface area contributed by atoms with Crippen LogP contribution in [-0.4, -0.2) is 15.9 Å². The third-order valence-electron chi connectivity index (χ3n) is 5.08. The molecule has 0 aromatic heterocycles. The van der Waals surface area contributed by atoms with Crippen molar-refractivity contribution in [3.8, 4) is 5.75 Å². The summed E-state index contributed by atoms with van der Waals surface area (Å²) >= 11 is 0. The van der Waals surface area contributed by atoms with Crippen molar-refractivity contribution in [2.24, 2.45) is 0 Å². The van der Waals surface area contributed by atoms with Gasteiger partial charge < -0.3 is 10.0 Å². The van der Waals surface area contributed by atoms with Crippen LogP contribution in [0.3, 0.4) is 0 Å². The van der Waals surface area contributed by atoms with Gasteiger partial charge in [-0.1, -0.05) is 48.5 Å². The van der Waals surface area contributed by atoms with Crippen LogP contribution in [-0.2, 0) is 6.54 Å². The molecule has 0 saturated heterocycles. The van der Waals surface area contributed by atoms with Gasteiger partial charge in [0.25, 0.3) is 5.91 Å². The zero-order valence-corrected chi connectivity index (χ0v) is 13.8. The van der Waals surface area contributed by atoms with E-state index >= 15 is 0 Å². The molecule has 1 unspecified atom stereocenters. The number of hydrogen-bond donors (Lipinski definition) is 1. The van der Waals surface area contributed by atoms with Gasteiger partial charge in [0, 0.05) is 12.1 Å². The molecule has 0 radical (unpaired) electrons. The summed E-state index contributed by atoms with van der Waals surface area (Å²) in [4.78, 5) is 14.8. The number of fused-ring (bicyclic) bond motifs is 2. The Morgan fingerprint density at radius 1 is 1.04 bits per heavy atom. The number of rotatable bonds is 2. The summed E-state index contributed by atoms with van der Waals surface area (Å²) in [6.45, 7) is 4.46. The number of benzene rings is 3. The summed E-state index contributed by atoms with van der Waals surface area (Å²) in [6, 6.07) is 18.0. The van der Waals surface area contributed by atoms with Crippen LogP contribution in [0.4, 0.5) is 0 Å². The van der Waals surface area contributed by atoms with Crippen molar-refractivity contribution in [3.63, 3.8) is 0 Å². The molecule has 0 aliphatic carbocycles. The second-order valence-electron chi connectivity index (χ2n) is 6.42. The third kappa shape index (κ3) is 2.08. The summed E-state index contributed by atoms with van der Waals surface area (Å²) in [7, 11) is 0. The molecule has 0 bridgehead atoms. The van der Waals surface area contributed by atoms with Crippen molar-refractivity contribution in [1.82, 2.24) is 4.90 Å². The Hall–Kier alpha value is -2.81. The molecule has 1 N–H and O–H groups in total. The van der Waals surface area contributed by atoms with Crippen LogP contribution in [0.5, 0.6) is 5.75 Å². The number of aromatic hydroxyl groups is 1. The first-order chi connectivity index (χ1) is 11.6. The Morgan fingerprint density at radius 2 is 1.79 bits per heavy atom. The first kappa shape index (κ1) is 14.8. The van der Waals surface area contributed by atoms with E-state index in [4.69, 9.17) is 0 Å². The van der Waals surface area contributed by atoms with E-state index in [2.05, 4.69) is 31.2 Å². The van der Waals surface area contributed by atoms with Gasteiger partial charge in [-0.05, 0) is 41.8 Å². The van der Waals surface area contributed by atoms with Crippen LogP contribution >= 0.6 is 0 Å². The average Bonchev–Trinajstić information content (AvgIpc) is 2.94. The molecule has 0 spiro atoms. The molecule has 0 fully saturated rings. The van der Waals surface area contributed by atoms with Crippen LogP contribution in [0.25, 0.3) is 10.8 Å². The first-order valence-electron chi connectivity index (χ1n) is 8.18. The van der Waals surface area contributed by atoms with Crippen molar-refractivity contribution >= 4 is 16.7 Å². The Morgan fingerprint density at radius 3 is 2.62 bits per heavy atom. The predicted octanol–water partition coefficient (Wildman–Crippen LogP) is 4.57. The average molecular weight is 317 g/mol. The fourth-order valence-electron chi connectivity index (χ4n) is 3.68. The fraction of sp³-hybridized carbons (Fsp3) is 0.190. The normalized spacial score (nSPS) is 14.9. The maximum Gasteiger partial charge on any atom is 0.255 e. The van der Waals surface area contributed by atoms with Crippen LogP contribution < -0.4 is 0 Å². The lowest BCUT2D eigenvalue weighted by Crippen LogP contribution is -2.27. The van der Waals surface area contributed by atoms with Crippen molar-refractivity contribution in [3.05, 3.63) is 76.9 Å². The number of carbonyl (C=O) groups excluding carboxylic acids is 1. The van der Waals surface area contributed by atoms with E-state index in [1.54, 1.807) is 13.0 Å². The third-order valence-corrected chi connectivity index (χ3v) is 5.08. The highest BCUT2D eigenvalue weighted by Crippen LogP contribution is 2.37. The van der Waals surface area contributed by atoms with Gasteiger partial charge in [0.15, 0.2) is 0 Å². The van der Waals surface area contributed by atoms with Gasteiger partial charge in [-0.2, -0.15) is 0 Å². The largest absolute Gasteiger partial charge is 0.508 e. The molecular formula is C21H19NO2. The summed E-state index contributed by atoms with van der Waals surface area (Å²) in [5, 5.41) is 12.3. The van der Waals surface area contributed by atoms with Gasteiger partial charge >= 0.3 is 0 Å². The first-order valence-corrected chi connectivity index (χ1v) is 8.18. The molecule has 3 heteroatoms. The van der Waals surface area contributed by atoms with E-state index in [9.17, 15) is 9.90 Å². The second-order valence-corrected chi connectivity index (χ2v) is 6.42. The number of hydrogen-bond acceptors (Lipinski definition) is 2. The number of phenolic OH excluding ortho intramolecular Hbond substituents is 1. The van der Waals surface area contributed by atoms with Gasteiger partial charge in [0.05, 0.1) is 11.6 Å². The van der Waals surface area contributed by atoms with Crippen molar-refractivity contribution in [1.29, 1.82) is 0 Å². The Kier molecular flexibility index (Phi) is 3.31. The second kappa shape index (κ2) is 5.38. The Balaban J connectivity index is 1.77. The lowest BCUT2D eigenvalue weighted by atomic mass is 9.99. The molecule has 1 aliphatic rings. The van der Waals surface area contributed by atoms with E-state index in [1.165, 1.54) is 10.8 Å². The lowest BCUT2D eigenvalue weighted by molar-refractivity contribution is 0.0716. The van der Waals surface area contributed by atoms with Crippen LogP contribution in [0.1, 0.15) is 40.0 Å². The van der Waals surface area contributed by atoms with E-state index in [0.29, 0.717) is 17.7 Å². The van der Waals surface area contributed by atoms with Gasteiger partial charge in [0.2, 0.25) is 0 Å². The molecule has 1 aliphatic heterocycles. The van der Waals surface area contributed by atoms with Crippen molar-refractivity contribution < 1.29 is 9.90 Å². The van der Waals surface area contributed by atoms with E-state index < -0.39 is 0 Å². The number of amides is 1. The van der Waals surface area contributed by atoms with Gasteiger partial charge in [-0.3, -0.25) is 4.79 Å². The maximum atomic E-state index is 12.9. The minimum atomic E-state index is -0.0301. The molecule has 1 amide bonds. The molecule has 0 saturated carbocycles. The van der Waals surface area contributed by atoms with E-state index in [-0.39, 0.29) is 17.7 Å². The highest BCUT2D eigenvalue weighted by molar-refractivity contribution is 6.01. The number of nitrogens with zero attached hydrogens (tertiary/aromatic N) is 1. The van der Waals surface area contributed by atoms with Crippen molar-refractivity contribution in [2.45, 2.75) is 26.4 Å². The van der Waals surface area contributed by atoms with Crippen molar-refractivity contribution in [2.75, 3.05) is 0 Å². The molecule has 1 atom stereocenters. The molecule has 120 valence electrons. The quantitative estimate of drug-likeness (QED) is 0.752. The van der Waals surface area contributed by atoms with Crippen LogP contribution in [0, 0.1) is 6.92 Å². The smallest absolute Gasteiger partial charge is 0.255 e. The number of phenols is 1. The highest BCUT2D eigenvalue weighted by atomic mass is 16.3. The zero-order chi connectivity index (χ0) is 16.8. The molecule has 1 heterocycles. The molecule has 3 aromatic rings. The predicted molar refractivity (Wildman–Crippen MR) is 95.1 cm³/mol. The van der Waals surface area contributed by atoms with Crippen LogP contribution in [0.2, 0.25) is 0 Å². The Labute approximate surface area is 141 Å². The summed E-state index contributed by atoms with van der Waals surface area (Å²) in [5.74, 6) is 0.181. The molecule has 3 nitrogen and oxygen atoms in total. The standard InChI is InChI=1S/C21H19NO2/c1-13-19(23)11-10-16-12-22(21(24)20(13)16)14(2)17-9-5-7-15-6-3-4-8-18(15)17/h3-11,14,23H,12H2,1-2H3. The summed E-state index contributed by atoms with van der Waals surface area (Å²) in [5.41, 5.74) is 3.46. The van der Waals surface area contributed by atoms with Gasteiger partial charge in [-0.15, -0.1) is 0 Å². The minimum Gasteiger partial charge on any atom is -0.508 e. The molecule has 3 aromatic carbocycles. The van der Waals surface area contributed by atoms with Gasteiger partial charge in [-0.25, -0.2) is 0 Å². The fourth-order valence-corrected chi connectivity index (χ4v) is 3.68. The summed E-state index contributed by atoms with van der Waals surface area (Å²) in [6.07, 6.45) is 0. The molecule has 4 rings (SSSR count). The van der Waals surface area contributed by atoms with Crippen LogP contribution in [0.15, 0.2) is 54.6 Å². The maximum absolute atomic E-state index is 12.9. The highest BCUT2D eigenvalue weighted by Gasteiger charge is 2.33. The Bertz CT molecular complexity index is 956. The minimum absolute atomic E-state index is 0.00108. The topological polar surface area (TPSA) is 40.5 Å². The lowest BCUT2D eigenvalue weighted by Gasteiger charge is -2.26. The monoisotopic (exact) mass is 317 g/mol. The summed E-state index contributed by atoms with van der Waals surface area (Å²) < 4.78 is 0. The zero-order valence-electron chi connectivity index (χ0n) is 13.8. The number of carbonyl (C=O) groups is 1. The van der Waals surface area contributed by atoms with Gasteiger partial charge in [0.1, 0.15) is 5.75 Å². The molecular weight excluding hydrogens is 298 g/mol. The SMILES string of the molecule is Cc1c(O)ccc2c1C(=O)N(C(C)c1cccc3ccccc13)C2. The van der Waals surface area contributed by atoms with E-state index in [1.807, 2.05) is 29.2 Å². The van der Waals surface area contributed by atoms with E-state index in [0.717, 1.165) is 11.1 Å².